The number of amidine groups is 1. The average molecular weight is 258 g/mol. The van der Waals surface area contributed by atoms with Gasteiger partial charge in [0.2, 0.25) is 0 Å². The number of rotatable bonds is 1. The quantitative estimate of drug-likeness (QED) is 0.706. The molecular formula is C13H12N3O3+. The molecule has 1 unspecified atom stereocenters. The number of imide groups is 1. The average Bonchev–Trinajstić information content (AvgIpc) is 2.96. The number of nitrogens with zero attached hydrogens (tertiary/aromatic N) is 3. The highest BCUT2D eigenvalue weighted by molar-refractivity contribution is 6.21. The number of dihydropyridines is 1. The van der Waals surface area contributed by atoms with Crippen molar-refractivity contribution in [2.24, 2.45) is 10.9 Å². The minimum Gasteiger partial charge on any atom is -0.465 e. The number of furan rings is 1. The number of carbonyl (C=O) groups is 2. The summed E-state index contributed by atoms with van der Waals surface area (Å²) in [6.07, 6.45) is 4.86. The van der Waals surface area contributed by atoms with Crippen molar-refractivity contribution in [3.8, 4) is 0 Å². The summed E-state index contributed by atoms with van der Waals surface area (Å²) in [5.41, 5.74) is 0.714. The molecule has 1 atom stereocenters. The van der Waals surface area contributed by atoms with Gasteiger partial charge in [0.15, 0.2) is 5.92 Å². The standard InChI is InChI=1S/C13H12N3O3/c1-15-11-10(12(17)16(2)13(15)18)8(5-6-14-11)9-4-3-7-19-9/h3-7,10H,1-2H3/q+1. The van der Waals surface area contributed by atoms with E-state index in [0.29, 0.717) is 17.2 Å². The molecule has 0 radical (unpaired) electrons. The number of fused-ring (bicyclic) bond motifs is 1. The van der Waals surface area contributed by atoms with Gasteiger partial charge in [-0.15, -0.1) is 4.99 Å². The Morgan fingerprint density at radius 1 is 1.42 bits per heavy atom. The molecule has 2 aliphatic rings. The first-order chi connectivity index (χ1) is 9.11. The van der Waals surface area contributed by atoms with Crippen LogP contribution in [0.3, 0.4) is 0 Å². The minimum absolute atomic E-state index is 0.294. The fraction of sp³-hybridized carbons (Fsp3) is 0.231. The maximum atomic E-state index is 12.3. The third-order valence-electron chi connectivity index (χ3n) is 3.33. The van der Waals surface area contributed by atoms with Gasteiger partial charge in [-0.1, -0.05) is 0 Å². The lowest BCUT2D eigenvalue weighted by Gasteiger charge is -2.25. The van der Waals surface area contributed by atoms with Crippen molar-refractivity contribution in [1.82, 2.24) is 4.90 Å². The predicted octanol–water partition coefficient (Wildman–Crippen LogP) is 0.996. The van der Waals surface area contributed by atoms with E-state index >= 15 is 0 Å². The molecule has 0 aliphatic carbocycles. The molecule has 2 aliphatic heterocycles. The molecule has 0 fully saturated rings. The van der Waals surface area contributed by atoms with Crippen LogP contribution in [-0.4, -0.2) is 47.6 Å². The number of allylic oxidation sites excluding steroid dienone is 1. The Morgan fingerprint density at radius 3 is 2.89 bits per heavy atom. The van der Waals surface area contributed by atoms with E-state index in [4.69, 9.17) is 4.42 Å². The number of amides is 3. The van der Waals surface area contributed by atoms with Gasteiger partial charge in [0.05, 0.1) is 20.4 Å². The number of hydrogen-bond donors (Lipinski definition) is 0. The Balaban J connectivity index is 2.17. The molecular weight excluding hydrogens is 246 g/mol. The summed E-state index contributed by atoms with van der Waals surface area (Å²) in [5.74, 6) is 0.154. The lowest BCUT2D eigenvalue weighted by Crippen LogP contribution is -2.52. The Labute approximate surface area is 109 Å². The van der Waals surface area contributed by atoms with E-state index < -0.39 is 5.92 Å². The van der Waals surface area contributed by atoms with Gasteiger partial charge in [-0.2, -0.15) is 9.48 Å². The van der Waals surface area contributed by atoms with Gasteiger partial charge in [0.1, 0.15) is 12.0 Å². The Kier molecular flexibility index (Phi) is 2.45. The first-order valence-corrected chi connectivity index (χ1v) is 5.81. The van der Waals surface area contributed by atoms with Gasteiger partial charge in [0.25, 0.3) is 5.84 Å². The summed E-state index contributed by atoms with van der Waals surface area (Å²) in [5, 5.41) is 0. The number of aliphatic imine (C=N–C) groups is 1. The van der Waals surface area contributed by atoms with Crippen LogP contribution in [0.15, 0.2) is 33.9 Å². The van der Waals surface area contributed by atoms with E-state index in [0.717, 1.165) is 4.90 Å². The lowest BCUT2D eigenvalue weighted by atomic mass is 9.91. The lowest BCUT2D eigenvalue weighted by molar-refractivity contribution is -0.407. The molecule has 3 amide bonds. The van der Waals surface area contributed by atoms with Gasteiger partial charge in [0, 0.05) is 5.57 Å². The second-order valence-electron chi connectivity index (χ2n) is 4.41. The largest absolute Gasteiger partial charge is 0.465 e. The molecule has 3 rings (SSSR count). The van der Waals surface area contributed by atoms with Crippen LogP contribution < -0.4 is 0 Å². The summed E-state index contributed by atoms with van der Waals surface area (Å²) < 4.78 is 6.74. The van der Waals surface area contributed by atoms with Crippen LogP contribution in [-0.2, 0) is 4.79 Å². The fourth-order valence-corrected chi connectivity index (χ4v) is 2.31. The highest BCUT2D eigenvalue weighted by atomic mass is 16.3. The second kappa shape index (κ2) is 4.01. The summed E-state index contributed by atoms with van der Waals surface area (Å²) in [7, 11) is 3.08. The third-order valence-corrected chi connectivity index (χ3v) is 3.33. The monoisotopic (exact) mass is 258 g/mol. The minimum atomic E-state index is -0.594. The van der Waals surface area contributed by atoms with Crippen LogP contribution in [0.4, 0.5) is 4.79 Å². The number of hydrogen-bond acceptors (Lipinski definition) is 4. The maximum absolute atomic E-state index is 12.3. The third kappa shape index (κ3) is 1.56. The van der Waals surface area contributed by atoms with Crippen molar-refractivity contribution in [2.45, 2.75) is 0 Å². The molecule has 0 saturated heterocycles. The van der Waals surface area contributed by atoms with Crippen molar-refractivity contribution >= 4 is 29.6 Å². The van der Waals surface area contributed by atoms with Crippen molar-refractivity contribution in [1.29, 1.82) is 0 Å². The summed E-state index contributed by atoms with van der Waals surface area (Å²) in [6.45, 7) is 0. The summed E-state index contributed by atoms with van der Waals surface area (Å²) >= 11 is 0. The van der Waals surface area contributed by atoms with Gasteiger partial charge >= 0.3 is 11.9 Å². The van der Waals surface area contributed by atoms with Crippen LogP contribution in [0.1, 0.15) is 5.76 Å². The van der Waals surface area contributed by atoms with Crippen LogP contribution in [0, 0.1) is 5.92 Å². The van der Waals surface area contributed by atoms with Crippen LogP contribution in [0.2, 0.25) is 0 Å². The van der Waals surface area contributed by atoms with Crippen molar-refractivity contribution in [2.75, 3.05) is 14.1 Å². The Hall–Kier alpha value is -2.50. The molecule has 19 heavy (non-hydrogen) atoms. The Bertz CT molecular complexity index is 653. The number of urea groups is 1. The molecule has 3 heterocycles. The first kappa shape index (κ1) is 11.6. The molecule has 0 aromatic carbocycles. The number of carbonyl (C=O) groups excluding carboxylic acids is 2. The molecule has 96 valence electrons. The molecule has 1 aromatic heterocycles. The van der Waals surface area contributed by atoms with E-state index in [1.54, 1.807) is 37.7 Å². The summed E-state index contributed by atoms with van der Waals surface area (Å²) in [4.78, 5) is 29.5. The van der Waals surface area contributed by atoms with Gasteiger partial charge < -0.3 is 4.42 Å². The van der Waals surface area contributed by atoms with Crippen LogP contribution >= 0.6 is 0 Å². The second-order valence-corrected chi connectivity index (χ2v) is 4.41. The highest BCUT2D eigenvalue weighted by Gasteiger charge is 2.47. The molecule has 6 nitrogen and oxygen atoms in total. The first-order valence-electron chi connectivity index (χ1n) is 5.81. The smallest absolute Gasteiger partial charge is 0.445 e. The zero-order chi connectivity index (χ0) is 13.6. The van der Waals surface area contributed by atoms with Crippen LogP contribution in [0.25, 0.3) is 5.57 Å². The SMILES string of the molecule is CN1C(=O)C2C(c3ccco3)=CC=NC2=[N+](C)C1=O. The summed E-state index contributed by atoms with van der Waals surface area (Å²) in [6, 6.07) is 3.16. The predicted molar refractivity (Wildman–Crippen MR) is 68.0 cm³/mol. The molecule has 6 heteroatoms. The van der Waals surface area contributed by atoms with Crippen molar-refractivity contribution < 1.29 is 18.6 Å². The van der Waals surface area contributed by atoms with Gasteiger partial charge in [-0.3, -0.25) is 4.79 Å². The van der Waals surface area contributed by atoms with E-state index in [2.05, 4.69) is 4.99 Å². The van der Waals surface area contributed by atoms with Crippen molar-refractivity contribution in [3.05, 3.63) is 30.2 Å². The molecule has 0 N–H and O–H groups in total. The zero-order valence-corrected chi connectivity index (χ0v) is 10.5. The topological polar surface area (TPSA) is 65.9 Å². The molecule has 0 spiro atoms. The zero-order valence-electron chi connectivity index (χ0n) is 10.5. The maximum Gasteiger partial charge on any atom is 0.445 e. The van der Waals surface area contributed by atoms with Crippen molar-refractivity contribution in [3.63, 3.8) is 0 Å². The highest BCUT2D eigenvalue weighted by Crippen LogP contribution is 2.30. The van der Waals surface area contributed by atoms with Crippen LogP contribution in [0.5, 0.6) is 0 Å². The normalized spacial score (nSPS) is 22.7. The molecule has 0 saturated carbocycles. The Morgan fingerprint density at radius 2 is 2.21 bits per heavy atom. The van der Waals surface area contributed by atoms with Gasteiger partial charge in [-0.05, 0) is 18.2 Å². The van der Waals surface area contributed by atoms with E-state index in [1.165, 1.54) is 11.6 Å². The molecule has 0 bridgehead atoms. The van der Waals surface area contributed by atoms with E-state index in [9.17, 15) is 9.59 Å². The van der Waals surface area contributed by atoms with E-state index in [-0.39, 0.29) is 11.9 Å². The molecule has 1 aromatic rings. The fourth-order valence-electron chi connectivity index (χ4n) is 2.31. The van der Waals surface area contributed by atoms with Gasteiger partial charge in [-0.25, -0.2) is 4.79 Å². The van der Waals surface area contributed by atoms with E-state index in [1.807, 2.05) is 0 Å².